The Morgan fingerprint density at radius 1 is 1.24 bits per heavy atom. The van der Waals surface area contributed by atoms with E-state index in [0.29, 0.717) is 5.56 Å². The molecule has 9 heteroatoms. The minimum Gasteiger partial charge on any atom is -0.444 e. The molecule has 1 unspecified atom stereocenters. The number of halogens is 1. The van der Waals surface area contributed by atoms with Crippen molar-refractivity contribution >= 4 is 33.6 Å². The lowest BCUT2D eigenvalue weighted by Gasteiger charge is -2.35. The number of hydrogen-bond donors (Lipinski definition) is 1. The number of benzene rings is 2. The summed E-state index contributed by atoms with van der Waals surface area (Å²) < 4.78 is 21.6. The zero-order valence-electron chi connectivity index (χ0n) is 21.0. The second kappa shape index (κ2) is 9.75. The van der Waals surface area contributed by atoms with Crippen LogP contribution in [0.5, 0.6) is 0 Å². The lowest BCUT2D eigenvalue weighted by molar-refractivity contribution is -0.128. The maximum absolute atomic E-state index is 15.1. The fourth-order valence-electron chi connectivity index (χ4n) is 5.44. The average Bonchev–Trinajstić information content (AvgIpc) is 3.59. The minimum absolute atomic E-state index is 0.0233. The number of amides is 2. The van der Waals surface area contributed by atoms with Gasteiger partial charge >= 0.3 is 6.09 Å². The summed E-state index contributed by atoms with van der Waals surface area (Å²) in [6, 6.07) is 11.1. The maximum Gasteiger partial charge on any atom is 0.411 e. The number of ether oxygens (including phenoxy) is 1. The number of nitriles is 1. The summed E-state index contributed by atoms with van der Waals surface area (Å²) in [5, 5.41) is 12.5. The molecule has 0 spiro atoms. The van der Waals surface area contributed by atoms with Crippen LogP contribution in [0.3, 0.4) is 0 Å². The molecule has 2 heterocycles. The van der Waals surface area contributed by atoms with E-state index >= 15 is 4.39 Å². The Morgan fingerprint density at radius 3 is 2.73 bits per heavy atom. The molecule has 3 aromatic rings. The van der Waals surface area contributed by atoms with E-state index in [-0.39, 0.29) is 24.3 Å². The fraction of sp³-hybridized carbons (Fsp3) is 0.429. The normalized spacial score (nSPS) is 21.6. The molecule has 1 aliphatic carbocycles. The van der Waals surface area contributed by atoms with Crippen LogP contribution in [0.4, 0.5) is 9.18 Å². The number of carbonyl (C=O) groups excluding carboxylic acids is 2. The summed E-state index contributed by atoms with van der Waals surface area (Å²) >= 11 is 1.53. The van der Waals surface area contributed by atoms with Crippen LogP contribution in [0.15, 0.2) is 41.9 Å². The minimum atomic E-state index is -0.930. The van der Waals surface area contributed by atoms with Gasteiger partial charge in [-0.2, -0.15) is 5.26 Å². The number of nitrogens with zero attached hydrogens (tertiary/aromatic N) is 3. The number of carbonyl (C=O) groups is 2. The van der Waals surface area contributed by atoms with Crippen LogP contribution in [-0.4, -0.2) is 45.6 Å². The largest absolute Gasteiger partial charge is 0.444 e. The Morgan fingerprint density at radius 2 is 2.00 bits per heavy atom. The molecule has 4 atom stereocenters. The Bertz CT molecular complexity index is 1390. The molecule has 5 rings (SSSR count). The van der Waals surface area contributed by atoms with Crippen LogP contribution in [0.1, 0.15) is 45.6 Å². The number of fused-ring (bicyclic) bond motifs is 3. The standard InChI is InChI=1S/C28H29FN4O3S/c1-28(2,3)36-27(35)33-21-8-6-19(11-21)25(33)26(34)32-20(14-30)10-18-5-4-16(12-22(18)29)17-7-9-23-24(13-17)37-15-31-23/h4-5,7,9,12-13,15,19-21,25H,6,8,10-11H2,1-3H3,(H,32,34)/t19-,20?,21+,25-/m0/s1. The molecule has 1 saturated carbocycles. The number of rotatable bonds is 5. The van der Waals surface area contributed by atoms with Crippen molar-refractivity contribution in [3.63, 3.8) is 0 Å². The summed E-state index contributed by atoms with van der Waals surface area (Å²) in [5.74, 6) is -0.796. The van der Waals surface area contributed by atoms with Crippen LogP contribution in [0.25, 0.3) is 21.3 Å². The van der Waals surface area contributed by atoms with E-state index in [2.05, 4.69) is 16.4 Å². The Kier molecular flexibility index (Phi) is 6.63. The number of aromatic nitrogens is 1. The van der Waals surface area contributed by atoms with Gasteiger partial charge in [0, 0.05) is 12.5 Å². The summed E-state index contributed by atoms with van der Waals surface area (Å²) in [6.45, 7) is 5.37. The molecule has 2 amide bonds. The second-order valence-corrected chi connectivity index (χ2v) is 11.7. The van der Waals surface area contributed by atoms with Gasteiger partial charge in [-0.1, -0.05) is 18.2 Å². The first-order chi connectivity index (χ1) is 17.6. The Labute approximate surface area is 219 Å². The van der Waals surface area contributed by atoms with Crippen molar-refractivity contribution in [1.29, 1.82) is 5.26 Å². The Hall–Kier alpha value is -3.51. The van der Waals surface area contributed by atoms with E-state index in [1.165, 1.54) is 17.4 Å². The predicted molar refractivity (Wildman–Crippen MR) is 139 cm³/mol. The van der Waals surface area contributed by atoms with E-state index < -0.39 is 29.6 Å². The number of piperidine rings is 1. The van der Waals surface area contributed by atoms with E-state index in [1.807, 2.05) is 24.3 Å². The zero-order chi connectivity index (χ0) is 26.3. The molecule has 1 aliphatic heterocycles. The third-order valence-corrected chi connectivity index (χ3v) is 7.86. The van der Waals surface area contributed by atoms with Crippen LogP contribution < -0.4 is 5.32 Å². The SMILES string of the molecule is CC(C)(C)OC(=O)N1[C@@H]2CC[C@@H](C2)[C@H]1C(=O)NC(C#N)Cc1ccc(-c2ccc3ncsc3c2)cc1F. The van der Waals surface area contributed by atoms with Gasteiger partial charge in [-0.3, -0.25) is 9.69 Å². The van der Waals surface area contributed by atoms with Crippen molar-refractivity contribution in [2.24, 2.45) is 5.92 Å². The highest BCUT2D eigenvalue weighted by Gasteiger charge is 2.52. The van der Waals surface area contributed by atoms with E-state index in [1.54, 1.807) is 37.2 Å². The molecule has 192 valence electrons. The molecular weight excluding hydrogens is 491 g/mol. The number of likely N-dealkylation sites (tertiary alicyclic amines) is 1. The first-order valence-electron chi connectivity index (χ1n) is 12.5. The van der Waals surface area contributed by atoms with E-state index in [9.17, 15) is 14.9 Å². The summed E-state index contributed by atoms with van der Waals surface area (Å²) in [7, 11) is 0. The highest BCUT2D eigenvalue weighted by Crippen LogP contribution is 2.43. The zero-order valence-corrected chi connectivity index (χ0v) is 21.8. The number of hydrogen-bond acceptors (Lipinski definition) is 6. The molecule has 1 aromatic heterocycles. The molecule has 0 radical (unpaired) electrons. The van der Waals surface area contributed by atoms with Crippen molar-refractivity contribution in [2.75, 3.05) is 0 Å². The maximum atomic E-state index is 15.1. The van der Waals surface area contributed by atoms with Crippen LogP contribution in [0.2, 0.25) is 0 Å². The predicted octanol–water partition coefficient (Wildman–Crippen LogP) is 5.44. The third kappa shape index (κ3) is 5.16. The smallest absolute Gasteiger partial charge is 0.411 e. The van der Waals surface area contributed by atoms with Gasteiger partial charge < -0.3 is 10.1 Å². The van der Waals surface area contributed by atoms with Gasteiger partial charge in [0.2, 0.25) is 5.91 Å². The quantitative estimate of drug-likeness (QED) is 0.483. The van der Waals surface area contributed by atoms with Crippen molar-refractivity contribution in [3.05, 3.63) is 53.3 Å². The Balaban J connectivity index is 1.28. The van der Waals surface area contributed by atoms with Crippen molar-refractivity contribution in [2.45, 2.75) is 70.2 Å². The van der Waals surface area contributed by atoms with Gasteiger partial charge in [0.25, 0.3) is 0 Å². The van der Waals surface area contributed by atoms with E-state index in [0.717, 1.165) is 40.6 Å². The third-order valence-electron chi connectivity index (χ3n) is 7.07. The van der Waals surface area contributed by atoms with Gasteiger partial charge in [0.05, 0.1) is 21.8 Å². The van der Waals surface area contributed by atoms with Crippen LogP contribution in [-0.2, 0) is 16.0 Å². The summed E-state index contributed by atoms with van der Waals surface area (Å²) in [6.07, 6.45) is 1.95. The molecule has 37 heavy (non-hydrogen) atoms. The molecule has 2 aliphatic rings. The summed E-state index contributed by atoms with van der Waals surface area (Å²) in [4.78, 5) is 32.0. The van der Waals surface area contributed by atoms with Crippen LogP contribution in [0, 0.1) is 23.1 Å². The van der Waals surface area contributed by atoms with Gasteiger partial charge in [-0.15, -0.1) is 11.3 Å². The molecule has 2 bridgehead atoms. The molecule has 2 aromatic carbocycles. The summed E-state index contributed by atoms with van der Waals surface area (Å²) in [5.41, 5.74) is 3.95. The van der Waals surface area contributed by atoms with Gasteiger partial charge in [-0.25, -0.2) is 14.2 Å². The highest BCUT2D eigenvalue weighted by molar-refractivity contribution is 7.16. The number of nitrogens with one attached hydrogen (secondary N) is 1. The monoisotopic (exact) mass is 520 g/mol. The van der Waals surface area contributed by atoms with Gasteiger partial charge in [0.15, 0.2) is 0 Å². The van der Waals surface area contributed by atoms with Crippen LogP contribution >= 0.6 is 11.3 Å². The van der Waals surface area contributed by atoms with Crippen molar-refractivity contribution in [3.8, 4) is 17.2 Å². The molecule has 1 saturated heterocycles. The average molecular weight is 521 g/mol. The second-order valence-electron chi connectivity index (χ2n) is 10.8. The highest BCUT2D eigenvalue weighted by atomic mass is 32.1. The van der Waals surface area contributed by atoms with Gasteiger partial charge in [-0.05, 0) is 80.8 Å². The lowest BCUT2D eigenvalue weighted by Crippen LogP contribution is -2.55. The molecular formula is C28H29FN4O3S. The lowest BCUT2D eigenvalue weighted by atomic mass is 9.97. The van der Waals surface area contributed by atoms with E-state index in [4.69, 9.17) is 4.74 Å². The topological polar surface area (TPSA) is 95.3 Å². The molecule has 7 nitrogen and oxygen atoms in total. The number of thiazole rings is 1. The first-order valence-corrected chi connectivity index (χ1v) is 13.3. The molecule has 2 fully saturated rings. The fourth-order valence-corrected chi connectivity index (χ4v) is 6.15. The molecule has 1 N–H and O–H groups in total. The van der Waals surface area contributed by atoms with Gasteiger partial charge in [0.1, 0.15) is 23.5 Å². The van der Waals surface area contributed by atoms with Crippen molar-refractivity contribution < 1.29 is 18.7 Å². The van der Waals surface area contributed by atoms with Crippen molar-refractivity contribution in [1.82, 2.24) is 15.2 Å². The first kappa shape index (κ1) is 25.2.